The summed E-state index contributed by atoms with van der Waals surface area (Å²) in [6.45, 7) is 6.54. The molecule has 0 spiro atoms. The molecule has 2 atom stereocenters. The largest absolute Gasteiger partial charge is 1.00 e. The monoisotopic (exact) mass is 359 g/mol. The van der Waals surface area contributed by atoms with Gasteiger partial charge in [0.1, 0.15) is 12.7 Å². The van der Waals surface area contributed by atoms with Crippen LogP contribution in [0.2, 0.25) is 0 Å². The maximum Gasteiger partial charge on any atom is 1.00 e. The number of ether oxygens (including phenoxy) is 2. The van der Waals surface area contributed by atoms with Gasteiger partial charge in [0.2, 0.25) is 0 Å². The van der Waals surface area contributed by atoms with Gasteiger partial charge in [-0.25, -0.2) is 0 Å². The van der Waals surface area contributed by atoms with Crippen LogP contribution in [0.4, 0.5) is 0 Å². The third kappa shape index (κ3) is 7.15. The molecule has 0 aromatic heterocycles. The Morgan fingerprint density at radius 1 is 1.40 bits per heavy atom. The average Bonchev–Trinajstić information content (AvgIpc) is 2.54. The fraction of sp³-hybridized carbons (Fsp3) is 0.611. The summed E-state index contributed by atoms with van der Waals surface area (Å²) in [4.78, 5) is 11.4. The van der Waals surface area contributed by atoms with Crippen LogP contribution < -0.4 is 44.1 Å². The molecule has 2 aliphatic heterocycles. The summed E-state index contributed by atoms with van der Waals surface area (Å²) >= 11 is 0. The van der Waals surface area contributed by atoms with Gasteiger partial charge in [-0.2, -0.15) is 0 Å². The molecule has 0 amide bonds. The fourth-order valence-electron chi connectivity index (χ4n) is 3.14. The second kappa shape index (κ2) is 10.4. The van der Waals surface area contributed by atoms with Gasteiger partial charge in [0, 0.05) is 20.0 Å². The Morgan fingerprint density at radius 3 is 2.68 bits per heavy atom. The van der Waals surface area contributed by atoms with E-state index in [1.165, 1.54) is 0 Å². The predicted octanol–water partition coefficient (Wildman–Crippen LogP) is -1.62. The molecule has 134 valence electrons. The van der Waals surface area contributed by atoms with Crippen LogP contribution in [-0.2, 0) is 4.79 Å². The van der Waals surface area contributed by atoms with Gasteiger partial charge < -0.3 is 19.7 Å². The van der Waals surface area contributed by atoms with Crippen LogP contribution in [0.1, 0.15) is 26.7 Å². The van der Waals surface area contributed by atoms with Gasteiger partial charge in [0.25, 0.3) is 5.97 Å². The van der Waals surface area contributed by atoms with Crippen LogP contribution in [0.5, 0.6) is 11.5 Å². The first-order valence-corrected chi connectivity index (χ1v) is 8.30. The fourth-order valence-corrected chi connectivity index (χ4v) is 3.14. The number of benzene rings is 1. The van der Waals surface area contributed by atoms with Gasteiger partial charge in [-0.3, -0.25) is 9.69 Å². The minimum atomic E-state index is -0.833. The number of carboxylic acid groups (broad SMARTS) is 1. The number of likely N-dealkylation sites (tertiary alicyclic amines) is 1. The molecule has 25 heavy (non-hydrogen) atoms. The van der Waals surface area contributed by atoms with Gasteiger partial charge in [-0.15, -0.1) is 6.61 Å². The second-order valence-corrected chi connectivity index (χ2v) is 6.81. The van der Waals surface area contributed by atoms with E-state index in [0.717, 1.165) is 50.9 Å². The summed E-state index contributed by atoms with van der Waals surface area (Å²) < 4.78 is 11.7. The first kappa shape index (κ1) is 22.3. The molecule has 0 aliphatic carbocycles. The summed E-state index contributed by atoms with van der Waals surface area (Å²) in [5, 5.41) is 18.7. The van der Waals surface area contributed by atoms with Crippen molar-refractivity contribution in [2.75, 3.05) is 32.8 Å². The van der Waals surface area contributed by atoms with E-state index in [-0.39, 0.29) is 47.7 Å². The Morgan fingerprint density at radius 2 is 2.04 bits per heavy atom. The third-order valence-corrected chi connectivity index (χ3v) is 4.24. The van der Waals surface area contributed by atoms with Gasteiger partial charge in [-0.05, 0) is 36.9 Å². The van der Waals surface area contributed by atoms with E-state index in [0.29, 0.717) is 6.61 Å². The third-order valence-electron chi connectivity index (χ3n) is 4.24. The summed E-state index contributed by atoms with van der Waals surface area (Å²) in [7, 11) is 0. The molecule has 3 rings (SSSR count). The molecule has 1 N–H and O–H groups in total. The number of hydrogen-bond donors (Lipinski definition) is 1. The molecule has 6 nitrogen and oxygen atoms in total. The number of aliphatic carboxylic acids is 1. The van der Waals surface area contributed by atoms with Crippen LogP contribution in [-0.4, -0.2) is 54.9 Å². The molecule has 1 aromatic rings. The standard InChI is InChI=1S/C16H22NO3.C2H4O2.Na/c1-16(12-18)7-4-8-17(11-16)9-13-10-19-14-5-2-3-6-15(14)20-13;1-2(3)4;/h2-3,5-6,13H,4,7-12H2,1H3;1H3,(H,3,4);/q-1;;+1/t13-,16-;;/m0../s1. The van der Waals surface area contributed by atoms with Crippen molar-refractivity contribution in [3.63, 3.8) is 0 Å². The van der Waals surface area contributed by atoms with E-state index in [4.69, 9.17) is 19.4 Å². The number of para-hydroxylation sites is 2. The van der Waals surface area contributed by atoms with Crippen LogP contribution >= 0.6 is 0 Å². The van der Waals surface area contributed by atoms with E-state index in [1.807, 2.05) is 24.3 Å². The number of fused-ring (bicyclic) bond motifs is 1. The number of piperidine rings is 1. The van der Waals surface area contributed by atoms with Crippen molar-refractivity contribution in [1.82, 2.24) is 4.90 Å². The second-order valence-electron chi connectivity index (χ2n) is 6.81. The smallest absolute Gasteiger partial charge is 0.854 e. The zero-order chi connectivity index (χ0) is 17.6. The Labute approximate surface area is 171 Å². The zero-order valence-electron chi connectivity index (χ0n) is 15.4. The van der Waals surface area contributed by atoms with Crippen molar-refractivity contribution >= 4 is 5.97 Å². The van der Waals surface area contributed by atoms with Crippen molar-refractivity contribution in [1.29, 1.82) is 0 Å². The van der Waals surface area contributed by atoms with Crippen LogP contribution in [0.25, 0.3) is 0 Å². The van der Waals surface area contributed by atoms with Gasteiger partial charge in [0.15, 0.2) is 11.5 Å². The summed E-state index contributed by atoms with van der Waals surface area (Å²) in [6, 6.07) is 7.78. The summed E-state index contributed by atoms with van der Waals surface area (Å²) in [5.74, 6) is 0.819. The van der Waals surface area contributed by atoms with Crippen LogP contribution in [0.15, 0.2) is 24.3 Å². The molecule has 0 radical (unpaired) electrons. The molecule has 2 heterocycles. The van der Waals surface area contributed by atoms with Crippen LogP contribution in [0, 0.1) is 5.41 Å². The molecule has 1 fully saturated rings. The van der Waals surface area contributed by atoms with E-state index in [9.17, 15) is 5.11 Å². The Balaban J connectivity index is 0.000000568. The Kier molecular flexibility index (Phi) is 9.24. The maximum atomic E-state index is 11.3. The molecule has 1 saturated heterocycles. The van der Waals surface area contributed by atoms with E-state index in [2.05, 4.69) is 11.8 Å². The number of hydrogen-bond acceptors (Lipinski definition) is 5. The van der Waals surface area contributed by atoms with Crippen molar-refractivity contribution < 1.29 is 54.0 Å². The van der Waals surface area contributed by atoms with Gasteiger partial charge >= 0.3 is 29.6 Å². The average molecular weight is 359 g/mol. The molecular weight excluding hydrogens is 333 g/mol. The summed E-state index contributed by atoms with van der Waals surface area (Å²) in [5.41, 5.74) is -0.0777. The summed E-state index contributed by atoms with van der Waals surface area (Å²) in [6.07, 6.45) is 2.19. The van der Waals surface area contributed by atoms with Crippen molar-refractivity contribution in [2.45, 2.75) is 32.8 Å². The quantitative estimate of drug-likeness (QED) is 0.654. The first-order valence-electron chi connectivity index (χ1n) is 8.30. The normalized spacial score (nSPS) is 25.2. The predicted molar refractivity (Wildman–Crippen MR) is 88.3 cm³/mol. The minimum Gasteiger partial charge on any atom is -0.854 e. The molecular formula is C18H26NNaO5. The van der Waals surface area contributed by atoms with Crippen molar-refractivity contribution in [3.05, 3.63) is 24.3 Å². The maximum absolute atomic E-state index is 11.3. The number of carbonyl (C=O) groups is 1. The molecule has 0 saturated carbocycles. The Hall–Kier alpha value is -0.790. The topological polar surface area (TPSA) is 82.1 Å². The van der Waals surface area contributed by atoms with Gasteiger partial charge in [0.05, 0.1) is 0 Å². The number of carboxylic acids is 1. The van der Waals surface area contributed by atoms with E-state index < -0.39 is 5.97 Å². The molecule has 2 aliphatic rings. The molecule has 1 aromatic carbocycles. The van der Waals surface area contributed by atoms with Gasteiger partial charge in [-0.1, -0.05) is 19.1 Å². The molecule has 7 heteroatoms. The van der Waals surface area contributed by atoms with E-state index >= 15 is 0 Å². The minimum absolute atomic E-state index is 0. The van der Waals surface area contributed by atoms with Crippen molar-refractivity contribution in [3.8, 4) is 11.5 Å². The van der Waals surface area contributed by atoms with Crippen molar-refractivity contribution in [2.24, 2.45) is 5.41 Å². The first-order chi connectivity index (χ1) is 11.4. The SMILES string of the molecule is CC(=O)O.C[C@]1(C[O-])CCCN(C[C@H]2COc3ccccc3O2)C1.[Na+]. The van der Waals surface area contributed by atoms with Crippen LogP contribution in [0.3, 0.4) is 0 Å². The number of rotatable bonds is 3. The molecule has 0 bridgehead atoms. The zero-order valence-corrected chi connectivity index (χ0v) is 17.4. The number of nitrogens with zero attached hydrogens (tertiary/aromatic N) is 1. The Bertz CT molecular complexity index is 552. The van der Waals surface area contributed by atoms with E-state index in [1.54, 1.807) is 0 Å². The molecule has 0 unspecified atom stereocenters.